The highest BCUT2D eigenvalue weighted by Gasteiger charge is 2.37. The second-order valence-corrected chi connectivity index (χ2v) is 15.1. The molecule has 0 saturated carbocycles. The lowest BCUT2D eigenvalue weighted by Crippen LogP contribution is -2.50. The molecule has 0 aromatic heterocycles. The maximum absolute atomic E-state index is 12.5. The number of carbonyl (C=O) groups excluding carboxylic acids is 2. The molecule has 1 aliphatic heterocycles. The van der Waals surface area contributed by atoms with Crippen LogP contribution in [0.4, 0.5) is 0 Å². The van der Waals surface area contributed by atoms with Crippen LogP contribution in [0, 0.1) is 5.92 Å². The number of hydrogen-bond donors (Lipinski definition) is 3. The van der Waals surface area contributed by atoms with Crippen molar-refractivity contribution in [2.24, 2.45) is 5.92 Å². The van der Waals surface area contributed by atoms with Crippen LogP contribution in [0.5, 0.6) is 0 Å². The Labute approximate surface area is 335 Å². The minimum absolute atomic E-state index is 0.0252. The van der Waals surface area contributed by atoms with Gasteiger partial charge in [-0.1, -0.05) is 127 Å². The van der Waals surface area contributed by atoms with Crippen LogP contribution in [0.2, 0.25) is 0 Å². The zero-order chi connectivity index (χ0) is 40.0. The lowest BCUT2D eigenvalue weighted by molar-refractivity contribution is -0.260. The molecule has 9 nitrogen and oxygen atoms in total. The van der Waals surface area contributed by atoms with Gasteiger partial charge in [-0.25, -0.2) is 0 Å². The molecule has 1 heterocycles. The normalized spacial score (nSPS) is 19.2. The fourth-order valence-corrected chi connectivity index (χ4v) is 6.29. The number of rotatable bonds is 36. The third-order valence-corrected chi connectivity index (χ3v) is 9.86. The van der Waals surface area contributed by atoms with Crippen molar-refractivity contribution in [1.82, 2.24) is 0 Å². The molecule has 9 heteroatoms. The Bertz CT molecular complexity index is 961. The molecule has 0 aromatic carbocycles. The summed E-state index contributed by atoms with van der Waals surface area (Å²) in [7, 11) is 0. The first-order valence-corrected chi connectivity index (χ1v) is 22.1. The Morgan fingerprint density at radius 3 is 1.45 bits per heavy atom. The quantitative estimate of drug-likeness (QED) is 0.0323. The smallest absolute Gasteiger partial charge is 0.305 e. The first kappa shape index (κ1) is 50.7. The van der Waals surface area contributed by atoms with Gasteiger partial charge in [-0.3, -0.25) is 9.59 Å². The number of esters is 2. The summed E-state index contributed by atoms with van der Waals surface area (Å²) >= 11 is 0. The first-order chi connectivity index (χ1) is 26.9. The molecule has 0 aromatic rings. The molecule has 0 aliphatic carbocycles. The van der Waals surface area contributed by atoms with Crippen LogP contribution >= 0.6 is 0 Å². The molecule has 1 aliphatic rings. The lowest BCUT2D eigenvalue weighted by Gasteiger charge is -2.36. The molecule has 0 unspecified atom stereocenters. The Kier molecular flexibility index (Phi) is 34.4. The van der Waals surface area contributed by atoms with Crippen LogP contribution in [0.1, 0.15) is 174 Å². The average molecular weight is 777 g/mol. The van der Waals surface area contributed by atoms with Crippen LogP contribution in [0.25, 0.3) is 0 Å². The summed E-state index contributed by atoms with van der Waals surface area (Å²) in [6.45, 7) is 4.10. The summed E-state index contributed by atoms with van der Waals surface area (Å²) in [6, 6.07) is 0. The Balaban J connectivity index is 2.31. The second kappa shape index (κ2) is 37.3. The number of aliphatic hydroxyl groups excluding tert-OH is 3. The maximum atomic E-state index is 12.5. The van der Waals surface area contributed by atoms with Crippen molar-refractivity contribution in [3.05, 3.63) is 48.6 Å². The lowest BCUT2D eigenvalue weighted by atomic mass is 10.0. The monoisotopic (exact) mass is 777 g/mol. The van der Waals surface area contributed by atoms with E-state index in [1.165, 1.54) is 51.4 Å². The molecule has 3 N–H and O–H groups in total. The van der Waals surface area contributed by atoms with E-state index in [0.717, 1.165) is 89.9 Å². The van der Waals surface area contributed by atoms with Crippen LogP contribution < -0.4 is 0 Å². The third kappa shape index (κ3) is 30.5. The van der Waals surface area contributed by atoms with Gasteiger partial charge in [0.1, 0.15) is 12.2 Å². The van der Waals surface area contributed by atoms with E-state index in [0.29, 0.717) is 12.8 Å². The van der Waals surface area contributed by atoms with Gasteiger partial charge in [0.25, 0.3) is 0 Å². The van der Waals surface area contributed by atoms with Crippen molar-refractivity contribution in [2.75, 3.05) is 26.4 Å². The minimum Gasteiger partial charge on any atom is -0.465 e. The van der Waals surface area contributed by atoms with Crippen molar-refractivity contribution < 1.29 is 43.9 Å². The number of allylic oxidation sites excluding steroid dienone is 8. The van der Waals surface area contributed by atoms with Crippen molar-refractivity contribution in [3.63, 3.8) is 0 Å². The second-order valence-electron chi connectivity index (χ2n) is 15.1. The SMILES string of the molecule is CCCCC/C=C\C/C=C\CCCCCCCC(=O)OCC(COC(=O)CCCCCCC/C=C\C/C=C\CCCCC)CO[C@H]1C[C@@H](O)[C@@H](O)[C@@H](CO)O1. The van der Waals surface area contributed by atoms with E-state index in [4.69, 9.17) is 18.9 Å². The molecular weight excluding hydrogens is 696 g/mol. The molecule has 0 amide bonds. The Hall–Kier alpha value is -2.30. The summed E-state index contributed by atoms with van der Waals surface area (Å²) in [4.78, 5) is 25.1. The van der Waals surface area contributed by atoms with Crippen LogP contribution in [-0.4, -0.2) is 78.3 Å². The van der Waals surface area contributed by atoms with Crippen molar-refractivity contribution >= 4 is 11.9 Å². The van der Waals surface area contributed by atoms with E-state index in [1.807, 2.05) is 0 Å². The maximum Gasteiger partial charge on any atom is 0.305 e. The van der Waals surface area contributed by atoms with Gasteiger partial charge in [0.05, 0.1) is 38.4 Å². The van der Waals surface area contributed by atoms with Gasteiger partial charge in [0.15, 0.2) is 6.29 Å². The van der Waals surface area contributed by atoms with E-state index in [2.05, 4.69) is 62.5 Å². The zero-order valence-electron chi connectivity index (χ0n) is 34.8. The Morgan fingerprint density at radius 1 is 0.600 bits per heavy atom. The summed E-state index contributed by atoms with van der Waals surface area (Å²) in [6.07, 6.45) is 39.1. The van der Waals surface area contributed by atoms with Gasteiger partial charge in [0, 0.05) is 19.3 Å². The van der Waals surface area contributed by atoms with E-state index in [1.54, 1.807) is 0 Å². The molecule has 0 radical (unpaired) electrons. The number of hydrogen-bond acceptors (Lipinski definition) is 9. The zero-order valence-corrected chi connectivity index (χ0v) is 34.8. The molecule has 0 spiro atoms. The van der Waals surface area contributed by atoms with Crippen LogP contribution in [0.3, 0.4) is 0 Å². The fraction of sp³-hybridized carbons (Fsp3) is 0.783. The van der Waals surface area contributed by atoms with Gasteiger partial charge in [-0.15, -0.1) is 0 Å². The van der Waals surface area contributed by atoms with E-state index < -0.39 is 37.1 Å². The summed E-state index contributed by atoms with van der Waals surface area (Å²) in [5, 5.41) is 29.7. The molecule has 318 valence electrons. The minimum atomic E-state index is -1.20. The first-order valence-electron chi connectivity index (χ1n) is 22.1. The molecule has 1 fully saturated rings. The average Bonchev–Trinajstić information content (AvgIpc) is 3.18. The van der Waals surface area contributed by atoms with E-state index in [-0.39, 0.29) is 38.2 Å². The van der Waals surface area contributed by atoms with Crippen molar-refractivity contribution in [2.45, 2.75) is 199 Å². The molecular formula is C46H80O9. The standard InChI is InChI=1S/C46H80O9/c1-3-5-7-9-11-13-15-17-19-21-23-25-27-29-31-33-43(49)52-37-40(39-54-45-35-41(48)46(51)42(36-47)55-45)38-53-44(50)34-32-30-28-26-24-22-20-18-16-14-12-10-8-6-4-2/h11-14,17-20,40-42,45-48,51H,3-10,15-16,21-39H2,1-2H3/b13-11-,14-12-,19-17-,20-18-/t41-,42-,45-,46-/m1/s1. The third-order valence-electron chi connectivity index (χ3n) is 9.86. The molecule has 1 saturated heterocycles. The molecule has 4 atom stereocenters. The molecule has 1 rings (SSSR count). The van der Waals surface area contributed by atoms with E-state index in [9.17, 15) is 24.9 Å². The van der Waals surface area contributed by atoms with Gasteiger partial charge < -0.3 is 34.3 Å². The van der Waals surface area contributed by atoms with Gasteiger partial charge >= 0.3 is 11.9 Å². The summed E-state index contributed by atoms with van der Waals surface area (Å²) < 4.78 is 22.5. The molecule has 0 bridgehead atoms. The van der Waals surface area contributed by atoms with Gasteiger partial charge in [-0.2, -0.15) is 0 Å². The summed E-state index contributed by atoms with van der Waals surface area (Å²) in [5.74, 6) is -1.01. The number of carbonyl (C=O) groups is 2. The van der Waals surface area contributed by atoms with E-state index >= 15 is 0 Å². The van der Waals surface area contributed by atoms with Crippen molar-refractivity contribution in [1.29, 1.82) is 0 Å². The number of unbranched alkanes of at least 4 members (excludes halogenated alkanes) is 16. The predicted octanol–water partition coefficient (Wildman–Crippen LogP) is 10.2. The van der Waals surface area contributed by atoms with Crippen LogP contribution in [0.15, 0.2) is 48.6 Å². The number of aliphatic hydroxyl groups is 3. The largest absolute Gasteiger partial charge is 0.465 e. The summed E-state index contributed by atoms with van der Waals surface area (Å²) in [5.41, 5.74) is 0. The highest BCUT2D eigenvalue weighted by Crippen LogP contribution is 2.22. The van der Waals surface area contributed by atoms with Crippen molar-refractivity contribution in [3.8, 4) is 0 Å². The topological polar surface area (TPSA) is 132 Å². The molecule has 55 heavy (non-hydrogen) atoms. The van der Waals surface area contributed by atoms with Crippen LogP contribution in [-0.2, 0) is 28.5 Å². The highest BCUT2D eigenvalue weighted by atomic mass is 16.7. The number of ether oxygens (including phenoxy) is 4. The Morgan fingerprint density at radius 2 is 1.02 bits per heavy atom. The fourth-order valence-electron chi connectivity index (χ4n) is 6.29. The highest BCUT2D eigenvalue weighted by molar-refractivity contribution is 5.69. The van der Waals surface area contributed by atoms with Gasteiger partial charge in [-0.05, 0) is 77.0 Å². The van der Waals surface area contributed by atoms with Gasteiger partial charge in [0.2, 0.25) is 0 Å². The predicted molar refractivity (Wildman–Crippen MR) is 222 cm³/mol.